The minimum atomic E-state index is -0.640. The van der Waals surface area contributed by atoms with Crippen LogP contribution in [0.3, 0.4) is 0 Å². The van der Waals surface area contributed by atoms with Crippen molar-refractivity contribution in [2.75, 3.05) is 23.4 Å². The third kappa shape index (κ3) is 3.15. The minimum Gasteiger partial charge on any atom is -0.505 e. The summed E-state index contributed by atoms with van der Waals surface area (Å²) in [5.41, 5.74) is -0.480. The van der Waals surface area contributed by atoms with E-state index in [1.807, 2.05) is 0 Å². The van der Waals surface area contributed by atoms with Crippen molar-refractivity contribution < 1.29 is 14.8 Å². The van der Waals surface area contributed by atoms with E-state index in [1.54, 1.807) is 11.8 Å². The zero-order chi connectivity index (χ0) is 13.8. The van der Waals surface area contributed by atoms with Gasteiger partial charge in [0.05, 0.1) is 11.0 Å². The van der Waals surface area contributed by atoms with Gasteiger partial charge in [-0.1, -0.05) is 6.07 Å². The molecule has 0 spiro atoms. The Morgan fingerprint density at radius 3 is 3.00 bits per heavy atom. The SMILES string of the molecule is O=C(Nc1c(O)cccc1[N+](=O)[O-])C1CSCCN1. The van der Waals surface area contributed by atoms with E-state index in [-0.39, 0.29) is 23.0 Å². The second kappa shape index (κ2) is 5.89. The molecule has 1 aromatic rings. The lowest BCUT2D eigenvalue weighted by molar-refractivity contribution is -0.384. The molecule has 0 saturated carbocycles. The molecule has 19 heavy (non-hydrogen) atoms. The van der Waals surface area contributed by atoms with Crippen LogP contribution < -0.4 is 10.6 Å². The Kier molecular flexibility index (Phi) is 4.23. The van der Waals surface area contributed by atoms with Crippen molar-refractivity contribution in [3.8, 4) is 5.75 Å². The number of phenols is 1. The maximum absolute atomic E-state index is 12.0. The molecule has 1 aromatic carbocycles. The molecular weight excluding hydrogens is 270 g/mol. The number of nitrogens with one attached hydrogen (secondary N) is 2. The van der Waals surface area contributed by atoms with Gasteiger partial charge >= 0.3 is 0 Å². The van der Waals surface area contributed by atoms with E-state index >= 15 is 0 Å². The van der Waals surface area contributed by atoms with Crippen molar-refractivity contribution in [2.45, 2.75) is 6.04 Å². The zero-order valence-corrected chi connectivity index (χ0v) is 10.8. The number of amides is 1. The highest BCUT2D eigenvalue weighted by atomic mass is 32.2. The molecule has 0 bridgehead atoms. The number of aromatic hydroxyl groups is 1. The van der Waals surface area contributed by atoms with Gasteiger partial charge in [-0.3, -0.25) is 14.9 Å². The molecule has 102 valence electrons. The predicted molar refractivity (Wildman–Crippen MR) is 72.5 cm³/mol. The first-order valence-electron chi connectivity index (χ1n) is 5.68. The quantitative estimate of drug-likeness (QED) is 0.433. The molecule has 3 N–H and O–H groups in total. The fourth-order valence-electron chi connectivity index (χ4n) is 1.75. The summed E-state index contributed by atoms with van der Waals surface area (Å²) in [5, 5.41) is 25.9. The van der Waals surface area contributed by atoms with Gasteiger partial charge in [0.2, 0.25) is 5.91 Å². The largest absolute Gasteiger partial charge is 0.505 e. The third-order valence-corrected chi connectivity index (χ3v) is 3.77. The number of rotatable bonds is 3. The topological polar surface area (TPSA) is 104 Å². The Bertz CT molecular complexity index is 503. The van der Waals surface area contributed by atoms with Crippen LogP contribution in [0, 0.1) is 10.1 Å². The number of nitro benzene ring substituents is 1. The number of phenolic OH excluding ortho intramolecular Hbond substituents is 1. The van der Waals surface area contributed by atoms with Gasteiger partial charge in [-0.2, -0.15) is 11.8 Å². The van der Waals surface area contributed by atoms with Crippen molar-refractivity contribution in [3.05, 3.63) is 28.3 Å². The molecule has 1 amide bonds. The molecule has 8 heteroatoms. The van der Waals surface area contributed by atoms with Crippen LogP contribution in [-0.2, 0) is 4.79 Å². The summed E-state index contributed by atoms with van der Waals surface area (Å²) >= 11 is 1.64. The molecule has 1 atom stereocenters. The molecule has 1 aliphatic heterocycles. The number of benzene rings is 1. The average molecular weight is 283 g/mol. The van der Waals surface area contributed by atoms with Gasteiger partial charge in [0.1, 0.15) is 5.75 Å². The van der Waals surface area contributed by atoms with E-state index < -0.39 is 11.0 Å². The standard InChI is InChI=1S/C11H13N3O4S/c15-9-3-1-2-8(14(17)18)10(9)13-11(16)7-6-19-5-4-12-7/h1-3,7,12,15H,4-6H2,(H,13,16). The number of para-hydroxylation sites is 1. The second-order valence-electron chi connectivity index (χ2n) is 4.00. The van der Waals surface area contributed by atoms with E-state index in [9.17, 15) is 20.0 Å². The van der Waals surface area contributed by atoms with E-state index in [4.69, 9.17) is 0 Å². The Morgan fingerprint density at radius 2 is 2.37 bits per heavy atom. The van der Waals surface area contributed by atoms with Crippen LogP contribution >= 0.6 is 11.8 Å². The maximum Gasteiger partial charge on any atom is 0.296 e. The summed E-state index contributed by atoms with van der Waals surface area (Å²) in [7, 11) is 0. The Hall–Kier alpha value is -1.80. The number of hydrogen-bond donors (Lipinski definition) is 3. The minimum absolute atomic E-state index is 0.158. The molecule has 2 rings (SSSR count). The summed E-state index contributed by atoms with van der Waals surface area (Å²) in [6.45, 7) is 0.714. The van der Waals surface area contributed by atoms with Crippen LogP contribution in [0.4, 0.5) is 11.4 Å². The average Bonchev–Trinajstić information content (AvgIpc) is 2.41. The highest BCUT2D eigenvalue weighted by Crippen LogP contribution is 2.33. The monoisotopic (exact) mass is 283 g/mol. The lowest BCUT2D eigenvalue weighted by atomic mass is 10.2. The molecule has 1 fully saturated rings. The number of nitro groups is 1. The number of carbonyl (C=O) groups is 1. The van der Waals surface area contributed by atoms with Crippen LogP contribution in [0.25, 0.3) is 0 Å². The zero-order valence-electron chi connectivity index (χ0n) is 9.96. The molecule has 0 aliphatic carbocycles. The Balaban J connectivity index is 2.18. The van der Waals surface area contributed by atoms with E-state index in [0.717, 1.165) is 5.75 Å². The van der Waals surface area contributed by atoms with Crippen molar-refractivity contribution in [2.24, 2.45) is 0 Å². The van der Waals surface area contributed by atoms with Crippen LogP contribution in [0.2, 0.25) is 0 Å². The van der Waals surface area contributed by atoms with Gasteiger partial charge in [-0.05, 0) is 6.07 Å². The van der Waals surface area contributed by atoms with Crippen LogP contribution in [0.1, 0.15) is 0 Å². The first kappa shape index (κ1) is 13.6. The van der Waals surface area contributed by atoms with Gasteiger partial charge in [-0.15, -0.1) is 0 Å². The van der Waals surface area contributed by atoms with Crippen LogP contribution in [0.15, 0.2) is 18.2 Å². The lowest BCUT2D eigenvalue weighted by Gasteiger charge is -2.22. The summed E-state index contributed by atoms with van der Waals surface area (Å²) in [5.74, 6) is 0.844. The number of anilines is 1. The van der Waals surface area contributed by atoms with Gasteiger partial charge in [0.15, 0.2) is 5.69 Å². The number of nitrogens with zero attached hydrogens (tertiary/aromatic N) is 1. The Labute approximate surface area is 113 Å². The summed E-state index contributed by atoms with van der Waals surface area (Å²) < 4.78 is 0. The molecule has 1 heterocycles. The fourth-order valence-corrected chi connectivity index (χ4v) is 2.69. The van der Waals surface area contributed by atoms with E-state index in [0.29, 0.717) is 12.3 Å². The highest BCUT2D eigenvalue weighted by molar-refractivity contribution is 7.99. The van der Waals surface area contributed by atoms with Crippen molar-refractivity contribution in [3.63, 3.8) is 0 Å². The molecule has 0 aromatic heterocycles. The first-order valence-corrected chi connectivity index (χ1v) is 6.83. The number of carbonyl (C=O) groups excluding carboxylic acids is 1. The molecule has 7 nitrogen and oxygen atoms in total. The molecule has 0 radical (unpaired) electrons. The molecule has 1 unspecified atom stereocenters. The summed E-state index contributed by atoms with van der Waals surface area (Å²) in [6.07, 6.45) is 0. The lowest BCUT2D eigenvalue weighted by Crippen LogP contribution is -2.46. The van der Waals surface area contributed by atoms with Gasteiger partial charge in [0.25, 0.3) is 5.69 Å². The van der Waals surface area contributed by atoms with Crippen LogP contribution in [0.5, 0.6) is 5.75 Å². The molecule has 1 aliphatic rings. The smallest absolute Gasteiger partial charge is 0.296 e. The Morgan fingerprint density at radius 1 is 1.58 bits per heavy atom. The number of hydrogen-bond acceptors (Lipinski definition) is 6. The molecule has 1 saturated heterocycles. The van der Waals surface area contributed by atoms with Crippen molar-refractivity contribution in [1.82, 2.24) is 5.32 Å². The van der Waals surface area contributed by atoms with E-state index in [1.165, 1.54) is 18.2 Å². The second-order valence-corrected chi connectivity index (χ2v) is 5.15. The van der Waals surface area contributed by atoms with Gasteiger partial charge in [0, 0.05) is 24.1 Å². The van der Waals surface area contributed by atoms with Gasteiger partial charge in [-0.25, -0.2) is 0 Å². The normalized spacial score (nSPS) is 18.8. The highest BCUT2D eigenvalue weighted by Gasteiger charge is 2.25. The van der Waals surface area contributed by atoms with E-state index in [2.05, 4.69) is 10.6 Å². The molecular formula is C11H13N3O4S. The third-order valence-electron chi connectivity index (χ3n) is 2.70. The van der Waals surface area contributed by atoms with Crippen molar-refractivity contribution in [1.29, 1.82) is 0 Å². The predicted octanol–water partition coefficient (Wildman–Crippen LogP) is 0.944. The number of thioether (sulfide) groups is 1. The summed E-state index contributed by atoms with van der Waals surface area (Å²) in [6, 6.07) is 3.49. The first-order chi connectivity index (χ1) is 9.09. The maximum atomic E-state index is 12.0. The fraction of sp³-hybridized carbons (Fsp3) is 0.364. The summed E-state index contributed by atoms with van der Waals surface area (Å²) in [4.78, 5) is 22.2. The van der Waals surface area contributed by atoms with Crippen molar-refractivity contribution >= 4 is 29.0 Å². The van der Waals surface area contributed by atoms with Gasteiger partial charge < -0.3 is 15.7 Å². The van der Waals surface area contributed by atoms with Crippen LogP contribution in [-0.4, -0.2) is 40.0 Å².